The normalized spacial score (nSPS) is 11.3. The Morgan fingerprint density at radius 1 is 1.44 bits per heavy atom. The van der Waals surface area contributed by atoms with Crippen LogP contribution in [0.1, 0.15) is 22.8 Å². The molecule has 88 valence electrons. The molecule has 0 spiro atoms. The van der Waals surface area contributed by atoms with Gasteiger partial charge in [-0.3, -0.25) is 4.79 Å². The Morgan fingerprint density at radius 3 is 2.50 bits per heavy atom. The lowest BCUT2D eigenvalue weighted by Gasteiger charge is -2.12. The summed E-state index contributed by atoms with van der Waals surface area (Å²) in [6.45, 7) is 1.68. The Labute approximate surface area is 95.0 Å². The predicted octanol–water partition coefficient (Wildman–Crippen LogP) is 3.53. The van der Waals surface area contributed by atoms with Gasteiger partial charge in [-0.15, -0.1) is 13.2 Å². The largest absolute Gasteiger partial charge is 0.573 e. The summed E-state index contributed by atoms with van der Waals surface area (Å²) in [5.41, 5.74) is 0.331. The molecule has 0 aromatic heterocycles. The van der Waals surface area contributed by atoms with Crippen molar-refractivity contribution in [3.63, 3.8) is 0 Å². The summed E-state index contributed by atoms with van der Waals surface area (Å²) in [4.78, 5) is 10.8. The number of rotatable bonds is 3. The topological polar surface area (TPSA) is 26.3 Å². The minimum atomic E-state index is -4.78. The average Bonchev–Trinajstić information content (AvgIpc) is 2.15. The minimum Gasteiger partial charge on any atom is -0.405 e. The van der Waals surface area contributed by atoms with E-state index in [0.29, 0.717) is 12.0 Å². The predicted molar refractivity (Wildman–Crippen MR) is 52.7 cm³/mol. The van der Waals surface area contributed by atoms with Crippen molar-refractivity contribution in [1.82, 2.24) is 0 Å². The van der Waals surface area contributed by atoms with Gasteiger partial charge in [-0.25, -0.2) is 0 Å². The van der Waals surface area contributed by atoms with Crippen LogP contribution >= 0.6 is 11.6 Å². The van der Waals surface area contributed by atoms with Crippen LogP contribution in [-0.4, -0.2) is 11.6 Å². The fraction of sp³-hybridized carbons (Fsp3) is 0.300. The van der Waals surface area contributed by atoms with Crippen LogP contribution < -0.4 is 4.74 Å². The second-order valence-corrected chi connectivity index (χ2v) is 3.34. The maximum atomic E-state index is 12.1. The third-order valence-corrected chi connectivity index (χ3v) is 2.12. The van der Waals surface area contributed by atoms with Crippen molar-refractivity contribution in [2.45, 2.75) is 19.7 Å². The Morgan fingerprint density at radius 2 is 2.06 bits per heavy atom. The Kier molecular flexibility index (Phi) is 3.80. The van der Waals surface area contributed by atoms with Crippen molar-refractivity contribution < 1.29 is 22.7 Å². The summed E-state index contributed by atoms with van der Waals surface area (Å²) in [7, 11) is 0. The van der Waals surface area contributed by atoms with Gasteiger partial charge in [0.05, 0.1) is 0 Å². The molecule has 0 radical (unpaired) electrons. The van der Waals surface area contributed by atoms with Crippen LogP contribution in [0.3, 0.4) is 0 Å². The van der Waals surface area contributed by atoms with Gasteiger partial charge >= 0.3 is 6.36 Å². The number of ether oxygens (including phenoxy) is 1. The Hall–Kier alpha value is -1.23. The smallest absolute Gasteiger partial charge is 0.405 e. The number of hydrogen-bond donors (Lipinski definition) is 0. The van der Waals surface area contributed by atoms with Gasteiger partial charge < -0.3 is 4.74 Å². The number of carbonyl (C=O) groups is 1. The van der Waals surface area contributed by atoms with Gasteiger partial charge in [0.15, 0.2) is 0 Å². The standard InChI is InChI=1S/C10H8ClF3O2/c1-2-6-3-4-7(9(11)15)5-8(6)16-10(12,13)14/h3-5H,2H2,1H3. The highest BCUT2D eigenvalue weighted by Crippen LogP contribution is 2.28. The molecule has 0 amide bonds. The monoisotopic (exact) mass is 252 g/mol. The van der Waals surface area contributed by atoms with E-state index in [-0.39, 0.29) is 11.3 Å². The fourth-order valence-corrected chi connectivity index (χ4v) is 1.31. The van der Waals surface area contributed by atoms with Gasteiger partial charge in [-0.05, 0) is 35.7 Å². The van der Waals surface area contributed by atoms with E-state index in [1.165, 1.54) is 12.1 Å². The average molecular weight is 253 g/mol. The first-order valence-corrected chi connectivity index (χ1v) is 4.79. The first-order chi connectivity index (χ1) is 7.33. The van der Waals surface area contributed by atoms with E-state index in [9.17, 15) is 18.0 Å². The second kappa shape index (κ2) is 4.74. The number of carbonyl (C=O) groups excluding carboxylic acids is 1. The molecule has 0 saturated heterocycles. The molecule has 6 heteroatoms. The van der Waals surface area contributed by atoms with Gasteiger partial charge in [0.1, 0.15) is 5.75 Å². The summed E-state index contributed by atoms with van der Waals surface area (Å²) in [5.74, 6) is -0.387. The SMILES string of the molecule is CCc1ccc(C(=O)Cl)cc1OC(F)(F)F. The van der Waals surface area contributed by atoms with Gasteiger partial charge in [-0.2, -0.15) is 0 Å². The van der Waals surface area contributed by atoms with Crippen molar-refractivity contribution in [3.8, 4) is 5.75 Å². The lowest BCUT2D eigenvalue weighted by atomic mass is 10.1. The van der Waals surface area contributed by atoms with Crippen LogP contribution in [0.4, 0.5) is 13.2 Å². The van der Waals surface area contributed by atoms with Crippen molar-refractivity contribution in [1.29, 1.82) is 0 Å². The molecule has 0 N–H and O–H groups in total. The quantitative estimate of drug-likeness (QED) is 0.770. The lowest BCUT2D eigenvalue weighted by molar-refractivity contribution is -0.274. The molecule has 0 fully saturated rings. The molecular weight excluding hydrogens is 245 g/mol. The minimum absolute atomic E-state index is 0.0295. The van der Waals surface area contributed by atoms with Crippen LogP contribution in [0, 0.1) is 0 Å². The summed E-state index contributed by atoms with van der Waals surface area (Å²) in [6.07, 6.45) is -4.42. The lowest BCUT2D eigenvalue weighted by Crippen LogP contribution is -2.18. The van der Waals surface area contributed by atoms with E-state index in [1.807, 2.05) is 0 Å². The molecule has 16 heavy (non-hydrogen) atoms. The summed E-state index contributed by atoms with van der Waals surface area (Å²) in [5, 5.41) is -0.824. The summed E-state index contributed by atoms with van der Waals surface area (Å²) < 4.78 is 40.0. The number of aryl methyl sites for hydroxylation is 1. The Balaban J connectivity index is 3.12. The highest BCUT2D eigenvalue weighted by atomic mass is 35.5. The zero-order valence-corrected chi connectivity index (χ0v) is 9.02. The van der Waals surface area contributed by atoms with Crippen molar-refractivity contribution in [2.75, 3.05) is 0 Å². The maximum absolute atomic E-state index is 12.1. The van der Waals surface area contributed by atoms with Gasteiger partial charge in [0.2, 0.25) is 0 Å². The fourth-order valence-electron chi connectivity index (χ4n) is 1.19. The van der Waals surface area contributed by atoms with E-state index >= 15 is 0 Å². The van der Waals surface area contributed by atoms with Gasteiger partial charge in [0.25, 0.3) is 5.24 Å². The van der Waals surface area contributed by atoms with E-state index in [0.717, 1.165) is 6.07 Å². The Bertz CT molecular complexity index is 402. The van der Waals surface area contributed by atoms with Crippen LogP contribution in [0.25, 0.3) is 0 Å². The van der Waals surface area contributed by atoms with E-state index in [4.69, 9.17) is 11.6 Å². The highest BCUT2D eigenvalue weighted by molar-refractivity contribution is 6.67. The second-order valence-electron chi connectivity index (χ2n) is 3.00. The highest BCUT2D eigenvalue weighted by Gasteiger charge is 2.32. The molecule has 0 saturated carbocycles. The number of benzene rings is 1. The van der Waals surface area contributed by atoms with Crippen LogP contribution in [0.15, 0.2) is 18.2 Å². The van der Waals surface area contributed by atoms with Crippen LogP contribution in [0.5, 0.6) is 5.75 Å². The molecule has 0 bridgehead atoms. The molecule has 0 unspecified atom stereocenters. The van der Waals surface area contributed by atoms with E-state index in [2.05, 4.69) is 4.74 Å². The third kappa shape index (κ3) is 3.41. The van der Waals surface area contributed by atoms with Crippen LogP contribution in [0.2, 0.25) is 0 Å². The zero-order valence-electron chi connectivity index (χ0n) is 8.27. The molecule has 1 aromatic rings. The van der Waals surface area contributed by atoms with Crippen LogP contribution in [-0.2, 0) is 6.42 Å². The van der Waals surface area contributed by atoms with Gasteiger partial charge in [0, 0.05) is 5.56 Å². The molecule has 0 aliphatic rings. The molecule has 0 aliphatic carbocycles. The van der Waals surface area contributed by atoms with Crippen molar-refractivity contribution in [2.24, 2.45) is 0 Å². The number of hydrogen-bond acceptors (Lipinski definition) is 2. The molecule has 2 nitrogen and oxygen atoms in total. The van der Waals surface area contributed by atoms with E-state index < -0.39 is 11.6 Å². The number of halogens is 4. The molecule has 1 aromatic carbocycles. The first-order valence-electron chi connectivity index (χ1n) is 4.42. The summed E-state index contributed by atoms with van der Waals surface area (Å²) in [6, 6.07) is 3.73. The third-order valence-electron chi connectivity index (χ3n) is 1.90. The summed E-state index contributed by atoms with van der Waals surface area (Å²) >= 11 is 5.17. The first kappa shape index (κ1) is 12.8. The zero-order chi connectivity index (χ0) is 12.3. The van der Waals surface area contributed by atoms with E-state index in [1.54, 1.807) is 6.92 Å². The molecular formula is C10H8ClF3O2. The van der Waals surface area contributed by atoms with Gasteiger partial charge in [-0.1, -0.05) is 13.0 Å². The molecule has 0 atom stereocenters. The molecule has 1 rings (SSSR count). The molecule has 0 heterocycles. The molecule has 0 aliphatic heterocycles. The maximum Gasteiger partial charge on any atom is 0.573 e. The van der Waals surface area contributed by atoms with Crippen molar-refractivity contribution >= 4 is 16.8 Å². The van der Waals surface area contributed by atoms with Crippen molar-refractivity contribution in [3.05, 3.63) is 29.3 Å². The number of alkyl halides is 3.